The molecule has 10 nitrogen and oxygen atoms in total. The number of carbonyl (C=O) groups excluding carboxylic acids is 3. The zero-order chi connectivity index (χ0) is 24.9. The number of anilines is 1. The van der Waals surface area contributed by atoms with Crippen LogP contribution in [0.15, 0.2) is 41.3 Å². The van der Waals surface area contributed by atoms with Gasteiger partial charge >= 0.3 is 11.9 Å². The zero-order valence-corrected chi connectivity index (χ0v) is 19.9. The minimum Gasteiger partial charge on any atom is -0.492 e. The van der Waals surface area contributed by atoms with Gasteiger partial charge in [-0.1, -0.05) is 0 Å². The van der Waals surface area contributed by atoms with Crippen molar-refractivity contribution < 1.29 is 37.0 Å². The Labute approximate surface area is 197 Å². The van der Waals surface area contributed by atoms with Crippen molar-refractivity contribution in [3.63, 3.8) is 0 Å². The lowest BCUT2D eigenvalue weighted by Crippen LogP contribution is -2.28. The van der Waals surface area contributed by atoms with E-state index in [9.17, 15) is 22.8 Å². The van der Waals surface area contributed by atoms with E-state index < -0.39 is 27.9 Å². The molecule has 0 bridgehead atoms. The standard InChI is InChI=1S/C23H26N2O8S/c1-4-33-19-8-7-15(14-20(19)34(29,30)25-9-5-6-10-25)21(26)24-18-12-16(22(27)31-2)11-17(13-18)23(28)32-3/h7-8,11-14H,4-6,9-10H2,1-3H3,(H,24,26). The Kier molecular flexibility index (Phi) is 7.90. The Hall–Kier alpha value is -3.44. The molecule has 34 heavy (non-hydrogen) atoms. The first-order valence-electron chi connectivity index (χ1n) is 10.6. The SMILES string of the molecule is CCOc1ccc(C(=O)Nc2cc(C(=O)OC)cc(C(=O)OC)c2)cc1S(=O)(=O)N1CCCC1. The molecule has 1 aliphatic rings. The summed E-state index contributed by atoms with van der Waals surface area (Å²) in [7, 11) is -1.48. The highest BCUT2D eigenvalue weighted by Crippen LogP contribution is 2.30. The predicted octanol–water partition coefficient (Wildman–Crippen LogP) is 2.70. The monoisotopic (exact) mass is 490 g/mol. The largest absolute Gasteiger partial charge is 0.492 e. The Morgan fingerprint density at radius 1 is 0.912 bits per heavy atom. The summed E-state index contributed by atoms with van der Waals surface area (Å²) in [4.78, 5) is 36.9. The highest BCUT2D eigenvalue weighted by molar-refractivity contribution is 7.89. The van der Waals surface area contributed by atoms with Gasteiger partial charge in [-0.25, -0.2) is 18.0 Å². The highest BCUT2D eigenvalue weighted by atomic mass is 32.2. The first kappa shape index (κ1) is 25.2. The molecule has 0 radical (unpaired) electrons. The number of hydrogen-bond acceptors (Lipinski definition) is 8. The first-order chi connectivity index (χ1) is 16.2. The van der Waals surface area contributed by atoms with Gasteiger partial charge in [-0.2, -0.15) is 4.31 Å². The van der Waals surface area contributed by atoms with Crippen LogP contribution in [0.3, 0.4) is 0 Å². The topological polar surface area (TPSA) is 128 Å². The maximum Gasteiger partial charge on any atom is 0.337 e. The summed E-state index contributed by atoms with van der Waals surface area (Å²) in [5.41, 5.74) is 0.254. The molecule has 0 saturated carbocycles. The van der Waals surface area contributed by atoms with Gasteiger partial charge in [-0.3, -0.25) is 4.79 Å². The van der Waals surface area contributed by atoms with Gasteiger partial charge in [0.2, 0.25) is 10.0 Å². The molecule has 11 heteroatoms. The third-order valence-electron chi connectivity index (χ3n) is 5.22. The van der Waals surface area contributed by atoms with Crippen LogP contribution in [0.25, 0.3) is 0 Å². The van der Waals surface area contributed by atoms with Crippen LogP contribution in [0.1, 0.15) is 50.8 Å². The average molecular weight is 491 g/mol. The van der Waals surface area contributed by atoms with Crippen LogP contribution in [-0.2, 0) is 19.5 Å². The number of hydrogen-bond donors (Lipinski definition) is 1. The molecule has 1 fully saturated rings. The van der Waals surface area contributed by atoms with Crippen molar-refractivity contribution in [3.8, 4) is 5.75 Å². The van der Waals surface area contributed by atoms with E-state index in [0.717, 1.165) is 12.8 Å². The van der Waals surface area contributed by atoms with Gasteiger partial charge in [-0.15, -0.1) is 0 Å². The van der Waals surface area contributed by atoms with E-state index in [1.54, 1.807) is 6.92 Å². The number of carbonyl (C=O) groups is 3. The van der Waals surface area contributed by atoms with Crippen LogP contribution >= 0.6 is 0 Å². The van der Waals surface area contributed by atoms with E-state index in [4.69, 9.17) is 14.2 Å². The minimum atomic E-state index is -3.86. The molecular weight excluding hydrogens is 464 g/mol. The number of nitrogens with one attached hydrogen (secondary N) is 1. The summed E-state index contributed by atoms with van der Waals surface area (Å²) in [6.07, 6.45) is 1.53. The Balaban J connectivity index is 1.97. The van der Waals surface area contributed by atoms with Crippen LogP contribution in [0.2, 0.25) is 0 Å². The van der Waals surface area contributed by atoms with E-state index in [1.165, 1.54) is 54.9 Å². The third-order valence-corrected chi connectivity index (χ3v) is 7.14. The molecule has 3 rings (SSSR count). The molecule has 1 amide bonds. The molecule has 0 atom stereocenters. The number of esters is 2. The van der Waals surface area contributed by atoms with Crippen LogP contribution in [0.4, 0.5) is 5.69 Å². The molecule has 182 valence electrons. The van der Waals surface area contributed by atoms with E-state index >= 15 is 0 Å². The normalized spacial score (nSPS) is 13.9. The number of benzene rings is 2. The quantitative estimate of drug-likeness (QED) is 0.560. The predicted molar refractivity (Wildman–Crippen MR) is 123 cm³/mol. The summed E-state index contributed by atoms with van der Waals surface area (Å²) >= 11 is 0. The molecular formula is C23H26N2O8S. The van der Waals surface area contributed by atoms with Crippen LogP contribution < -0.4 is 10.1 Å². The second kappa shape index (κ2) is 10.7. The summed E-state index contributed by atoms with van der Waals surface area (Å²) in [5.74, 6) is -1.90. The second-order valence-corrected chi connectivity index (χ2v) is 9.35. The summed E-state index contributed by atoms with van der Waals surface area (Å²) in [5, 5.41) is 2.59. The second-order valence-electron chi connectivity index (χ2n) is 7.44. The van der Waals surface area contributed by atoms with Crippen molar-refractivity contribution >= 4 is 33.6 Å². The smallest absolute Gasteiger partial charge is 0.337 e. The molecule has 0 spiro atoms. The van der Waals surface area contributed by atoms with Crippen molar-refractivity contribution in [1.82, 2.24) is 4.31 Å². The van der Waals surface area contributed by atoms with E-state index in [2.05, 4.69) is 5.32 Å². The Bertz CT molecular complexity index is 1170. The van der Waals surface area contributed by atoms with Crippen LogP contribution in [-0.4, -0.2) is 64.5 Å². The van der Waals surface area contributed by atoms with Gasteiger partial charge < -0.3 is 19.5 Å². The number of ether oxygens (including phenoxy) is 3. The Morgan fingerprint density at radius 3 is 2.03 bits per heavy atom. The number of nitrogens with zero attached hydrogens (tertiary/aromatic N) is 1. The zero-order valence-electron chi connectivity index (χ0n) is 19.1. The van der Waals surface area contributed by atoms with Crippen LogP contribution in [0.5, 0.6) is 5.75 Å². The molecule has 2 aromatic carbocycles. The van der Waals surface area contributed by atoms with E-state index in [-0.39, 0.29) is 39.6 Å². The maximum atomic E-state index is 13.2. The van der Waals surface area contributed by atoms with Crippen molar-refractivity contribution in [3.05, 3.63) is 53.1 Å². The molecule has 1 aliphatic heterocycles. The Morgan fingerprint density at radius 2 is 1.50 bits per heavy atom. The summed E-state index contributed by atoms with van der Waals surface area (Å²) in [6.45, 7) is 2.80. The van der Waals surface area contributed by atoms with Gasteiger partial charge in [0, 0.05) is 24.3 Å². The molecule has 0 unspecified atom stereocenters. The molecule has 1 heterocycles. The van der Waals surface area contributed by atoms with E-state index in [1.807, 2.05) is 0 Å². The molecule has 0 aromatic heterocycles. The van der Waals surface area contributed by atoms with Crippen molar-refractivity contribution in [2.24, 2.45) is 0 Å². The van der Waals surface area contributed by atoms with Gasteiger partial charge in [0.15, 0.2) is 0 Å². The number of sulfonamides is 1. The highest BCUT2D eigenvalue weighted by Gasteiger charge is 2.31. The first-order valence-corrected chi connectivity index (χ1v) is 12.0. The van der Waals surface area contributed by atoms with Crippen molar-refractivity contribution in [2.45, 2.75) is 24.7 Å². The number of amides is 1. The van der Waals surface area contributed by atoms with Crippen LogP contribution in [0, 0.1) is 0 Å². The van der Waals surface area contributed by atoms with E-state index in [0.29, 0.717) is 13.1 Å². The summed E-state index contributed by atoms with van der Waals surface area (Å²) in [6, 6.07) is 8.10. The molecule has 0 aliphatic carbocycles. The fourth-order valence-electron chi connectivity index (χ4n) is 3.57. The van der Waals surface area contributed by atoms with Crippen molar-refractivity contribution in [2.75, 3.05) is 39.2 Å². The average Bonchev–Trinajstić information content (AvgIpc) is 3.39. The maximum absolute atomic E-state index is 13.2. The lowest BCUT2D eigenvalue weighted by atomic mass is 10.1. The fourth-order valence-corrected chi connectivity index (χ4v) is 5.24. The molecule has 2 aromatic rings. The van der Waals surface area contributed by atoms with Crippen molar-refractivity contribution in [1.29, 1.82) is 0 Å². The minimum absolute atomic E-state index is 0.0321. The van der Waals surface area contributed by atoms with Gasteiger partial charge in [-0.05, 0) is 56.2 Å². The van der Waals surface area contributed by atoms with Gasteiger partial charge in [0.1, 0.15) is 10.6 Å². The molecule has 1 N–H and O–H groups in total. The molecule has 1 saturated heterocycles. The van der Waals surface area contributed by atoms with Gasteiger partial charge in [0.25, 0.3) is 5.91 Å². The fraction of sp³-hybridized carbons (Fsp3) is 0.348. The number of methoxy groups -OCH3 is 2. The third kappa shape index (κ3) is 5.37. The number of rotatable bonds is 8. The lowest BCUT2D eigenvalue weighted by molar-refractivity contribution is 0.0598. The summed E-state index contributed by atoms with van der Waals surface area (Å²) < 4.78 is 42.6. The lowest BCUT2D eigenvalue weighted by Gasteiger charge is -2.19. The van der Waals surface area contributed by atoms with Gasteiger partial charge in [0.05, 0.1) is 32.0 Å².